The first-order chi connectivity index (χ1) is 33.3. The summed E-state index contributed by atoms with van der Waals surface area (Å²) in [5, 5.41) is 23.5. The van der Waals surface area contributed by atoms with Crippen molar-refractivity contribution in [1.29, 1.82) is 0 Å². The van der Waals surface area contributed by atoms with Gasteiger partial charge in [0.2, 0.25) is 35.4 Å². The molecule has 17 nitrogen and oxygen atoms in total. The molecule has 69 heavy (non-hydrogen) atoms. The molecule has 364 valence electrons. The smallest absolute Gasteiger partial charge is 0.305 e. The van der Waals surface area contributed by atoms with E-state index < -0.39 is 65.0 Å². The molecule has 6 amide bonds. The van der Waals surface area contributed by atoms with Crippen molar-refractivity contribution in [3.05, 3.63) is 143 Å². The summed E-state index contributed by atoms with van der Waals surface area (Å²) in [5.41, 5.74) is 15.7. The Morgan fingerprint density at radius 3 is 2.23 bits per heavy atom. The number of carboxylic acid groups (broad SMARTS) is 1. The zero-order chi connectivity index (χ0) is 49.2. The standard InChI is InChI=1S/C52H62N8O9/c53-23-27-69-28-25-56-49(66)43-21-24-55-45(61)19-20-47(63)60-26-6-22-52(34-60,32-36-7-2-1-3-8-36)51(68)59-44(50(67)57-33-41-10-5-4-9-40(41)30-46(62)58-43)29-35-11-13-37(14-12-35)38-15-17-39(18-16-38)42(54)31-48(64)65/h1-5,7-20,42-44H,6,21-34,53-54H2,(H,55,61)(H,56,66)(H,57,67)(H,58,62)(H,59,68)(H,64,65)/b20-19+/t42-,43+,44+,52+/m1/s1. The number of hydrogen-bond donors (Lipinski definition) is 8. The van der Waals surface area contributed by atoms with Gasteiger partial charge < -0.3 is 52.8 Å². The molecule has 0 aromatic heterocycles. The number of ether oxygens (including phenoxy) is 1. The lowest BCUT2D eigenvalue weighted by molar-refractivity contribution is -0.142. The monoisotopic (exact) mass is 942 g/mol. The predicted octanol–water partition coefficient (Wildman–Crippen LogP) is 2.22. The maximum absolute atomic E-state index is 14.9. The van der Waals surface area contributed by atoms with Gasteiger partial charge >= 0.3 is 5.97 Å². The van der Waals surface area contributed by atoms with E-state index >= 15 is 0 Å². The number of benzene rings is 4. The van der Waals surface area contributed by atoms with Crippen molar-refractivity contribution in [3.63, 3.8) is 0 Å². The minimum Gasteiger partial charge on any atom is -0.481 e. The van der Waals surface area contributed by atoms with Crippen LogP contribution < -0.4 is 38.1 Å². The van der Waals surface area contributed by atoms with Crippen LogP contribution in [-0.2, 0) is 64.1 Å². The number of nitrogens with one attached hydrogen (secondary N) is 5. The van der Waals surface area contributed by atoms with Gasteiger partial charge in [-0.2, -0.15) is 0 Å². The third kappa shape index (κ3) is 15.1. The van der Waals surface area contributed by atoms with E-state index in [0.29, 0.717) is 49.2 Å². The van der Waals surface area contributed by atoms with Crippen LogP contribution in [0, 0.1) is 5.41 Å². The van der Waals surface area contributed by atoms with Crippen molar-refractivity contribution >= 4 is 41.4 Å². The molecule has 0 unspecified atom stereocenters. The van der Waals surface area contributed by atoms with Crippen molar-refractivity contribution in [2.45, 2.75) is 69.6 Å². The molecule has 0 spiro atoms. The zero-order valence-electron chi connectivity index (χ0n) is 38.6. The van der Waals surface area contributed by atoms with Crippen LogP contribution in [0.1, 0.15) is 59.5 Å². The van der Waals surface area contributed by atoms with E-state index in [9.17, 15) is 33.6 Å². The fourth-order valence-corrected chi connectivity index (χ4v) is 8.64. The van der Waals surface area contributed by atoms with Crippen LogP contribution in [0.5, 0.6) is 0 Å². The molecule has 2 bridgehead atoms. The van der Waals surface area contributed by atoms with Gasteiger partial charge in [0.05, 0.1) is 31.5 Å². The lowest BCUT2D eigenvalue weighted by Crippen LogP contribution is -2.58. The van der Waals surface area contributed by atoms with Gasteiger partial charge in [0.25, 0.3) is 0 Å². The number of carbonyl (C=O) groups is 7. The van der Waals surface area contributed by atoms with Gasteiger partial charge in [-0.15, -0.1) is 0 Å². The minimum absolute atomic E-state index is 0.00163. The SMILES string of the molecule is NCCOCCNC(=O)[C@@H]1CCNC(=O)/C=C/C(=O)N2CCC[C@](Cc3ccccc3)(C2)C(=O)N[C@@H](Cc2ccc(-c3ccc([C@H](N)CC(=O)O)cc3)cc2)C(=O)NCc2ccccc2CC(=O)N1. The molecule has 1 saturated heterocycles. The third-order valence-electron chi connectivity index (χ3n) is 12.3. The summed E-state index contributed by atoms with van der Waals surface area (Å²) in [6.07, 6.45) is 3.29. The molecule has 0 radical (unpaired) electrons. The highest BCUT2D eigenvalue weighted by molar-refractivity contribution is 5.97. The Morgan fingerprint density at radius 2 is 1.52 bits per heavy atom. The highest BCUT2D eigenvalue weighted by Gasteiger charge is 2.44. The second-order valence-electron chi connectivity index (χ2n) is 17.4. The molecule has 4 aromatic carbocycles. The molecule has 2 aliphatic heterocycles. The van der Waals surface area contributed by atoms with Crippen molar-refractivity contribution in [2.75, 3.05) is 45.9 Å². The predicted molar refractivity (Wildman–Crippen MR) is 259 cm³/mol. The van der Waals surface area contributed by atoms with Gasteiger partial charge in [0.15, 0.2) is 0 Å². The van der Waals surface area contributed by atoms with Crippen LogP contribution >= 0.6 is 0 Å². The highest BCUT2D eigenvalue weighted by atomic mass is 16.5. The molecule has 2 aliphatic rings. The molecule has 10 N–H and O–H groups in total. The van der Waals surface area contributed by atoms with Crippen LogP contribution in [0.15, 0.2) is 115 Å². The van der Waals surface area contributed by atoms with Crippen molar-refractivity contribution in [1.82, 2.24) is 31.5 Å². The largest absolute Gasteiger partial charge is 0.481 e. The van der Waals surface area contributed by atoms with E-state index in [2.05, 4.69) is 26.6 Å². The second kappa shape index (κ2) is 25.2. The average molecular weight is 943 g/mol. The van der Waals surface area contributed by atoms with Crippen LogP contribution in [0.4, 0.5) is 0 Å². The molecular formula is C52H62N8O9. The summed E-state index contributed by atoms with van der Waals surface area (Å²) in [7, 11) is 0. The molecule has 2 heterocycles. The van der Waals surface area contributed by atoms with Gasteiger partial charge in [-0.1, -0.05) is 103 Å². The van der Waals surface area contributed by atoms with E-state index in [1.165, 1.54) is 0 Å². The molecule has 0 saturated carbocycles. The number of aliphatic carboxylic acids is 1. The molecule has 4 atom stereocenters. The molecule has 4 aromatic rings. The Morgan fingerprint density at radius 1 is 0.826 bits per heavy atom. The number of hydrogen-bond acceptors (Lipinski definition) is 10. The zero-order valence-corrected chi connectivity index (χ0v) is 38.6. The Balaban J connectivity index is 1.29. The molecular weight excluding hydrogens is 881 g/mol. The lowest BCUT2D eigenvalue weighted by Gasteiger charge is -2.42. The lowest BCUT2D eigenvalue weighted by atomic mass is 9.74. The van der Waals surface area contributed by atoms with E-state index in [0.717, 1.165) is 34.4 Å². The first-order valence-electron chi connectivity index (χ1n) is 23.3. The molecule has 0 aliphatic carbocycles. The van der Waals surface area contributed by atoms with Crippen LogP contribution in [-0.4, -0.2) is 109 Å². The summed E-state index contributed by atoms with van der Waals surface area (Å²) in [5.74, 6) is -3.85. The fraction of sp³-hybridized carbons (Fsp3) is 0.365. The first-order valence-corrected chi connectivity index (χ1v) is 23.3. The average Bonchev–Trinajstić information content (AvgIpc) is 3.34. The minimum atomic E-state index is -1.14. The Kier molecular flexibility index (Phi) is 18.7. The van der Waals surface area contributed by atoms with Gasteiger partial charge in [0.1, 0.15) is 12.1 Å². The van der Waals surface area contributed by atoms with Gasteiger partial charge in [0, 0.05) is 63.9 Å². The maximum atomic E-state index is 14.9. The van der Waals surface area contributed by atoms with E-state index in [-0.39, 0.29) is 64.9 Å². The number of piperidine rings is 1. The summed E-state index contributed by atoms with van der Waals surface area (Å²) < 4.78 is 5.37. The Hall–Kier alpha value is -7.21. The highest BCUT2D eigenvalue weighted by Crippen LogP contribution is 2.35. The van der Waals surface area contributed by atoms with Gasteiger partial charge in [-0.3, -0.25) is 33.6 Å². The number of nitrogens with zero attached hydrogens (tertiary/aromatic N) is 1. The third-order valence-corrected chi connectivity index (χ3v) is 12.3. The Bertz CT molecular complexity index is 2450. The number of carboxylic acids is 1. The maximum Gasteiger partial charge on any atom is 0.305 e. The van der Waals surface area contributed by atoms with E-state index in [1.54, 1.807) is 41.3 Å². The number of rotatable bonds is 14. The van der Waals surface area contributed by atoms with Crippen LogP contribution in [0.3, 0.4) is 0 Å². The summed E-state index contributed by atoms with van der Waals surface area (Å²) >= 11 is 0. The van der Waals surface area contributed by atoms with Crippen LogP contribution in [0.2, 0.25) is 0 Å². The first kappa shape index (κ1) is 51.2. The summed E-state index contributed by atoms with van der Waals surface area (Å²) in [4.78, 5) is 95.9. The fourth-order valence-electron chi connectivity index (χ4n) is 8.64. The number of carbonyl (C=O) groups excluding carboxylic acids is 6. The number of nitrogens with two attached hydrogens (primary N) is 2. The Labute approximate surface area is 401 Å². The molecule has 17 heteroatoms. The normalized spacial score (nSPS) is 20.6. The van der Waals surface area contributed by atoms with Crippen molar-refractivity contribution in [3.8, 4) is 11.1 Å². The number of amides is 6. The van der Waals surface area contributed by atoms with Gasteiger partial charge in [-0.25, -0.2) is 0 Å². The topological polar surface area (TPSA) is 264 Å². The van der Waals surface area contributed by atoms with E-state index in [1.807, 2.05) is 66.7 Å². The number of fused-ring (bicyclic) bond motifs is 3. The molecule has 1 fully saturated rings. The van der Waals surface area contributed by atoms with Gasteiger partial charge in [-0.05, 0) is 64.6 Å². The van der Waals surface area contributed by atoms with E-state index in [4.69, 9.17) is 21.3 Å². The summed E-state index contributed by atoms with van der Waals surface area (Å²) in [6.45, 7) is 1.42. The van der Waals surface area contributed by atoms with Crippen molar-refractivity contribution < 1.29 is 43.4 Å². The quantitative estimate of drug-likeness (QED) is 0.0850. The van der Waals surface area contributed by atoms with Crippen LogP contribution in [0.25, 0.3) is 11.1 Å². The second-order valence-corrected chi connectivity index (χ2v) is 17.4. The molecule has 6 rings (SSSR count). The summed E-state index contributed by atoms with van der Waals surface area (Å²) in [6, 6.07) is 28.7. The van der Waals surface area contributed by atoms with Crippen molar-refractivity contribution in [2.24, 2.45) is 16.9 Å².